The number of esters is 1. The van der Waals surface area contributed by atoms with Gasteiger partial charge < -0.3 is 14.2 Å². The Hall–Kier alpha value is -3.37. The van der Waals surface area contributed by atoms with Crippen LogP contribution in [-0.4, -0.2) is 24.3 Å². The highest BCUT2D eigenvalue weighted by molar-refractivity contribution is 9.10. The molecule has 43 heavy (non-hydrogen) atoms. The van der Waals surface area contributed by atoms with Gasteiger partial charge in [0.05, 0.1) is 40.0 Å². The maximum Gasteiger partial charge on any atom is 0.338 e. The predicted molar refractivity (Wildman–Crippen MR) is 173 cm³/mol. The average molecular weight is 702 g/mol. The molecule has 0 spiro atoms. The van der Waals surface area contributed by atoms with E-state index in [0.29, 0.717) is 52.2 Å². The predicted octanol–water partition coefficient (Wildman–Crippen LogP) is 6.76. The summed E-state index contributed by atoms with van der Waals surface area (Å²) >= 11 is 17.2. The van der Waals surface area contributed by atoms with Crippen molar-refractivity contribution in [2.75, 3.05) is 13.7 Å². The van der Waals surface area contributed by atoms with E-state index in [-0.39, 0.29) is 18.8 Å². The molecule has 0 saturated carbocycles. The first-order valence-corrected chi connectivity index (χ1v) is 15.7. The van der Waals surface area contributed by atoms with Crippen molar-refractivity contribution in [2.24, 2.45) is 4.99 Å². The molecule has 1 aromatic heterocycles. The molecule has 0 N–H and O–H groups in total. The summed E-state index contributed by atoms with van der Waals surface area (Å²) in [6.07, 6.45) is 1.77. The lowest BCUT2D eigenvalue weighted by Crippen LogP contribution is -2.39. The molecule has 0 unspecified atom stereocenters. The van der Waals surface area contributed by atoms with E-state index in [4.69, 9.17) is 37.4 Å². The SMILES string of the molecule is CCOC(=O)C1=C(C)N=c2s/c(=C\c3cc(Br)c(OCc4ccc(Cl)cc4Cl)c(OC)c3)c(=O)n2[C@H]1c1ccc(C)cc1. The molecule has 222 valence electrons. The van der Waals surface area contributed by atoms with Gasteiger partial charge in [0.15, 0.2) is 16.3 Å². The van der Waals surface area contributed by atoms with Gasteiger partial charge in [-0.25, -0.2) is 9.79 Å². The van der Waals surface area contributed by atoms with Crippen LogP contribution < -0.4 is 24.4 Å². The van der Waals surface area contributed by atoms with Crippen molar-refractivity contribution in [1.29, 1.82) is 0 Å². The number of fused-ring (bicyclic) bond motifs is 1. The number of halogens is 3. The fourth-order valence-corrected chi connectivity index (χ4v) is 6.84. The van der Waals surface area contributed by atoms with Gasteiger partial charge in [0.1, 0.15) is 6.61 Å². The molecule has 0 radical (unpaired) electrons. The smallest absolute Gasteiger partial charge is 0.338 e. The Balaban J connectivity index is 1.56. The Morgan fingerprint density at radius 2 is 1.86 bits per heavy atom. The fraction of sp³-hybridized carbons (Fsp3) is 0.219. The second kappa shape index (κ2) is 13.1. The Labute approximate surface area is 270 Å². The summed E-state index contributed by atoms with van der Waals surface area (Å²) in [5.41, 5.74) is 3.93. The van der Waals surface area contributed by atoms with Crippen LogP contribution >= 0.6 is 50.5 Å². The van der Waals surface area contributed by atoms with E-state index >= 15 is 0 Å². The van der Waals surface area contributed by atoms with Gasteiger partial charge in [-0.15, -0.1) is 0 Å². The Morgan fingerprint density at radius 3 is 2.53 bits per heavy atom. The van der Waals surface area contributed by atoms with Gasteiger partial charge >= 0.3 is 5.97 Å². The maximum atomic E-state index is 13.9. The topological polar surface area (TPSA) is 79.1 Å². The van der Waals surface area contributed by atoms with E-state index < -0.39 is 12.0 Å². The summed E-state index contributed by atoms with van der Waals surface area (Å²) in [6.45, 7) is 5.91. The number of allylic oxidation sites excluding steroid dienone is 1. The van der Waals surface area contributed by atoms with Gasteiger partial charge in [0.2, 0.25) is 0 Å². The van der Waals surface area contributed by atoms with Crippen molar-refractivity contribution in [1.82, 2.24) is 4.57 Å². The van der Waals surface area contributed by atoms with Crippen LogP contribution in [0.3, 0.4) is 0 Å². The third kappa shape index (κ3) is 6.45. The van der Waals surface area contributed by atoms with Crippen molar-refractivity contribution in [3.63, 3.8) is 0 Å². The van der Waals surface area contributed by atoms with E-state index in [0.717, 1.165) is 16.7 Å². The van der Waals surface area contributed by atoms with Crippen LogP contribution in [0.5, 0.6) is 11.5 Å². The lowest BCUT2D eigenvalue weighted by molar-refractivity contribution is -0.139. The van der Waals surface area contributed by atoms with Gasteiger partial charge in [-0.1, -0.05) is 70.4 Å². The number of thiazole rings is 1. The van der Waals surface area contributed by atoms with E-state index in [2.05, 4.69) is 20.9 Å². The summed E-state index contributed by atoms with van der Waals surface area (Å²) in [5, 5.41) is 1.04. The minimum absolute atomic E-state index is 0.198. The molecule has 4 aromatic rings. The first-order valence-electron chi connectivity index (χ1n) is 13.3. The van der Waals surface area contributed by atoms with Crippen LogP contribution in [0.15, 0.2) is 80.1 Å². The number of rotatable bonds is 8. The van der Waals surface area contributed by atoms with Crippen LogP contribution in [0.1, 0.15) is 42.1 Å². The number of methoxy groups -OCH3 is 1. The lowest BCUT2D eigenvalue weighted by atomic mass is 9.95. The summed E-state index contributed by atoms with van der Waals surface area (Å²) < 4.78 is 19.7. The minimum atomic E-state index is -0.671. The Bertz CT molecular complexity index is 1930. The standard InChI is InChI=1S/C32H27BrCl2N2O5S/c1-5-41-31(39)27-18(3)36-32-37(28(27)20-8-6-17(2)7-9-20)30(38)26(43-32)14-19-12-23(33)29(25(13-19)40-4)42-16-21-10-11-22(34)15-24(21)35/h6-15,28H,5,16H2,1-4H3/b26-14-/t28-/m0/s1. The maximum absolute atomic E-state index is 13.9. The number of carbonyl (C=O) groups excluding carboxylic acids is 1. The second-order valence-electron chi connectivity index (χ2n) is 9.77. The normalized spacial score (nSPS) is 14.8. The molecular formula is C32H27BrCl2N2O5S. The molecule has 0 amide bonds. The number of carbonyl (C=O) groups is 1. The monoisotopic (exact) mass is 700 g/mol. The zero-order valence-corrected chi connectivity index (χ0v) is 27.7. The van der Waals surface area contributed by atoms with Crippen LogP contribution in [-0.2, 0) is 16.1 Å². The highest BCUT2D eigenvalue weighted by Gasteiger charge is 2.33. The van der Waals surface area contributed by atoms with E-state index in [1.165, 1.54) is 11.3 Å². The average Bonchev–Trinajstić information content (AvgIpc) is 3.26. The molecule has 5 rings (SSSR count). The molecule has 1 atom stereocenters. The van der Waals surface area contributed by atoms with Crippen LogP contribution in [0.4, 0.5) is 0 Å². The van der Waals surface area contributed by atoms with Gasteiger partial charge in [0, 0.05) is 15.6 Å². The molecule has 1 aliphatic rings. The van der Waals surface area contributed by atoms with E-state index in [1.807, 2.05) is 37.3 Å². The van der Waals surface area contributed by atoms with Crippen molar-refractivity contribution >= 4 is 62.5 Å². The first kappa shape index (κ1) is 31.1. The van der Waals surface area contributed by atoms with Gasteiger partial charge in [-0.05, 0) is 78.2 Å². The van der Waals surface area contributed by atoms with Gasteiger partial charge in [0.25, 0.3) is 5.56 Å². The first-order chi connectivity index (χ1) is 20.6. The number of aryl methyl sites for hydroxylation is 1. The quantitative estimate of drug-likeness (QED) is 0.190. The van der Waals surface area contributed by atoms with Crippen LogP contribution in [0, 0.1) is 6.92 Å². The highest BCUT2D eigenvalue weighted by atomic mass is 79.9. The molecule has 2 heterocycles. The van der Waals surface area contributed by atoms with Crippen LogP contribution in [0.25, 0.3) is 6.08 Å². The van der Waals surface area contributed by atoms with Crippen molar-refractivity contribution in [2.45, 2.75) is 33.4 Å². The summed E-state index contributed by atoms with van der Waals surface area (Å²) in [5.74, 6) is 0.463. The third-order valence-electron chi connectivity index (χ3n) is 6.85. The van der Waals surface area contributed by atoms with Crippen LogP contribution in [0.2, 0.25) is 10.0 Å². The molecular weight excluding hydrogens is 675 g/mol. The summed E-state index contributed by atoms with van der Waals surface area (Å²) in [6, 6.07) is 15.9. The number of hydrogen-bond donors (Lipinski definition) is 0. The third-order valence-corrected chi connectivity index (χ3v) is 9.01. The lowest BCUT2D eigenvalue weighted by Gasteiger charge is -2.24. The largest absolute Gasteiger partial charge is 0.493 e. The molecule has 0 aliphatic carbocycles. The van der Waals surface area contributed by atoms with Gasteiger partial charge in [-0.2, -0.15) is 0 Å². The summed E-state index contributed by atoms with van der Waals surface area (Å²) in [4.78, 5) is 32.2. The number of nitrogens with zero attached hydrogens (tertiary/aromatic N) is 2. The highest BCUT2D eigenvalue weighted by Crippen LogP contribution is 2.38. The number of ether oxygens (including phenoxy) is 3. The zero-order valence-electron chi connectivity index (χ0n) is 23.7. The molecule has 0 fully saturated rings. The minimum Gasteiger partial charge on any atom is -0.493 e. The molecule has 1 aliphatic heterocycles. The fourth-order valence-electron chi connectivity index (χ4n) is 4.76. The second-order valence-corrected chi connectivity index (χ2v) is 12.5. The summed E-state index contributed by atoms with van der Waals surface area (Å²) in [7, 11) is 1.54. The molecule has 0 bridgehead atoms. The Kier molecular flexibility index (Phi) is 9.46. The van der Waals surface area contributed by atoms with Crippen molar-refractivity contribution in [3.8, 4) is 11.5 Å². The Morgan fingerprint density at radius 1 is 1.12 bits per heavy atom. The van der Waals surface area contributed by atoms with Crippen molar-refractivity contribution in [3.05, 3.63) is 122 Å². The van der Waals surface area contributed by atoms with Gasteiger partial charge in [-0.3, -0.25) is 9.36 Å². The number of benzene rings is 3. The van der Waals surface area contributed by atoms with E-state index in [9.17, 15) is 9.59 Å². The number of aromatic nitrogens is 1. The molecule has 11 heteroatoms. The van der Waals surface area contributed by atoms with E-state index in [1.54, 1.807) is 55.9 Å². The molecule has 7 nitrogen and oxygen atoms in total. The van der Waals surface area contributed by atoms with Crippen molar-refractivity contribution < 1.29 is 19.0 Å². The molecule has 0 saturated heterocycles. The number of hydrogen-bond acceptors (Lipinski definition) is 7. The molecule has 3 aromatic carbocycles. The zero-order chi connectivity index (χ0) is 30.8.